The molecule has 1 N–H and O–H groups in total. The molecule has 2 nitrogen and oxygen atoms in total. The second-order valence-electron chi connectivity index (χ2n) is 7.28. The van der Waals surface area contributed by atoms with E-state index >= 15 is 0 Å². The van der Waals surface area contributed by atoms with Gasteiger partial charge in [0.25, 0.3) is 0 Å². The maximum absolute atomic E-state index is 4.61. The Balaban J connectivity index is 2.25. The van der Waals surface area contributed by atoms with Crippen molar-refractivity contribution in [1.29, 1.82) is 0 Å². The molecule has 0 atom stereocenters. The van der Waals surface area contributed by atoms with Gasteiger partial charge in [-0.25, -0.2) is 0 Å². The van der Waals surface area contributed by atoms with E-state index in [4.69, 9.17) is 0 Å². The van der Waals surface area contributed by atoms with Crippen molar-refractivity contribution in [2.24, 2.45) is 4.99 Å². The Hall–Kier alpha value is -2.35. The van der Waals surface area contributed by atoms with E-state index in [0.29, 0.717) is 0 Å². The predicted octanol–water partition coefficient (Wildman–Crippen LogP) is 6.41. The molecule has 1 aliphatic rings. The summed E-state index contributed by atoms with van der Waals surface area (Å²) in [5.74, 6) is 0. The SMILES string of the molecule is C=C(CCC/C(C1=C(c2cccc(C)c2)C=NC1)=C(C)/C=C\C)NCCC. The molecule has 2 heteroatoms. The van der Waals surface area contributed by atoms with Gasteiger partial charge >= 0.3 is 0 Å². The molecule has 27 heavy (non-hydrogen) atoms. The van der Waals surface area contributed by atoms with Crippen LogP contribution in [0.25, 0.3) is 5.57 Å². The minimum absolute atomic E-state index is 0.780. The summed E-state index contributed by atoms with van der Waals surface area (Å²) in [7, 11) is 0. The zero-order valence-corrected chi connectivity index (χ0v) is 17.4. The van der Waals surface area contributed by atoms with Crippen molar-refractivity contribution in [2.45, 2.75) is 53.4 Å². The van der Waals surface area contributed by atoms with Gasteiger partial charge in [-0.1, -0.05) is 55.5 Å². The number of hydrogen-bond donors (Lipinski definition) is 1. The number of aryl methyl sites for hydroxylation is 1. The standard InChI is InChI=1S/C25H34N2/c1-6-10-20(4)23(14-9-12-21(5)27-15-7-2)25-18-26-17-24(25)22-13-8-11-19(3)16-22/h6,8,10-11,13,16-17,27H,5,7,9,12,14-15,18H2,1-4H3/b10-6-,23-20-. The van der Waals surface area contributed by atoms with E-state index in [-0.39, 0.29) is 0 Å². The van der Waals surface area contributed by atoms with Crippen molar-refractivity contribution in [2.75, 3.05) is 13.1 Å². The van der Waals surface area contributed by atoms with Crippen LogP contribution in [0.15, 0.2) is 70.4 Å². The number of nitrogens with one attached hydrogen (secondary N) is 1. The summed E-state index contributed by atoms with van der Waals surface area (Å²) in [6.07, 6.45) is 10.7. The Bertz CT molecular complexity index is 775. The lowest BCUT2D eigenvalue weighted by Gasteiger charge is -2.15. The van der Waals surface area contributed by atoms with Crippen LogP contribution in [0.2, 0.25) is 0 Å². The molecule has 0 saturated carbocycles. The molecule has 0 bridgehead atoms. The van der Waals surface area contributed by atoms with Crippen LogP contribution in [0.5, 0.6) is 0 Å². The molecule has 0 aromatic heterocycles. The molecule has 0 radical (unpaired) electrons. The second-order valence-corrected chi connectivity index (χ2v) is 7.28. The lowest BCUT2D eigenvalue weighted by Crippen LogP contribution is -2.13. The largest absolute Gasteiger partial charge is 0.389 e. The highest BCUT2D eigenvalue weighted by molar-refractivity contribution is 6.14. The van der Waals surface area contributed by atoms with Crippen molar-refractivity contribution in [3.8, 4) is 0 Å². The molecule has 0 saturated heterocycles. The highest BCUT2D eigenvalue weighted by atomic mass is 14.9. The highest BCUT2D eigenvalue weighted by Gasteiger charge is 2.18. The summed E-state index contributed by atoms with van der Waals surface area (Å²) in [6.45, 7) is 14.6. The van der Waals surface area contributed by atoms with Gasteiger partial charge in [0.15, 0.2) is 0 Å². The third-order valence-corrected chi connectivity index (χ3v) is 4.91. The van der Waals surface area contributed by atoms with Gasteiger partial charge in [-0.3, -0.25) is 4.99 Å². The average Bonchev–Trinajstić information content (AvgIpc) is 3.13. The molecule has 144 valence electrons. The van der Waals surface area contributed by atoms with Gasteiger partial charge in [-0.15, -0.1) is 0 Å². The average molecular weight is 363 g/mol. The van der Waals surface area contributed by atoms with Gasteiger partial charge in [-0.2, -0.15) is 0 Å². The smallest absolute Gasteiger partial charge is 0.0649 e. The van der Waals surface area contributed by atoms with E-state index in [1.165, 1.54) is 33.4 Å². The molecule has 0 aliphatic carbocycles. The van der Waals surface area contributed by atoms with Gasteiger partial charge in [-0.05, 0) is 68.7 Å². The van der Waals surface area contributed by atoms with Crippen molar-refractivity contribution in [3.05, 3.63) is 76.5 Å². The summed E-state index contributed by atoms with van der Waals surface area (Å²) in [4.78, 5) is 4.61. The number of benzene rings is 1. The summed E-state index contributed by atoms with van der Waals surface area (Å²) < 4.78 is 0. The molecule has 0 unspecified atom stereocenters. The minimum Gasteiger partial charge on any atom is -0.389 e. The van der Waals surface area contributed by atoms with Crippen LogP contribution in [-0.2, 0) is 0 Å². The van der Waals surface area contributed by atoms with Crippen LogP contribution < -0.4 is 5.32 Å². The lowest BCUT2D eigenvalue weighted by molar-refractivity contribution is 0.697. The summed E-state index contributed by atoms with van der Waals surface area (Å²) in [5, 5.41) is 3.41. The molecular formula is C25H34N2. The lowest BCUT2D eigenvalue weighted by atomic mass is 9.90. The topological polar surface area (TPSA) is 24.4 Å². The van der Waals surface area contributed by atoms with Crippen LogP contribution in [0.4, 0.5) is 0 Å². The molecule has 0 spiro atoms. The van der Waals surface area contributed by atoms with Crippen LogP contribution in [-0.4, -0.2) is 19.3 Å². The number of allylic oxidation sites excluding steroid dienone is 5. The first-order chi connectivity index (χ1) is 13.1. The van der Waals surface area contributed by atoms with Gasteiger partial charge in [0.05, 0.1) is 6.54 Å². The van der Waals surface area contributed by atoms with E-state index < -0.39 is 0 Å². The fourth-order valence-corrected chi connectivity index (χ4v) is 3.52. The Morgan fingerprint density at radius 3 is 2.81 bits per heavy atom. The molecule has 1 heterocycles. The molecular weight excluding hydrogens is 328 g/mol. The number of aliphatic imine (C=N–C) groups is 1. The van der Waals surface area contributed by atoms with Crippen molar-refractivity contribution < 1.29 is 0 Å². The Morgan fingerprint density at radius 2 is 2.11 bits per heavy atom. The number of hydrogen-bond acceptors (Lipinski definition) is 2. The Morgan fingerprint density at radius 1 is 1.30 bits per heavy atom. The molecule has 1 aromatic carbocycles. The molecule has 2 rings (SSSR count). The van der Waals surface area contributed by atoms with E-state index in [2.05, 4.69) is 87.2 Å². The third-order valence-electron chi connectivity index (χ3n) is 4.91. The second kappa shape index (κ2) is 10.7. The fraction of sp³-hybridized carbons (Fsp3) is 0.400. The third kappa shape index (κ3) is 6.09. The first-order valence-corrected chi connectivity index (χ1v) is 10.1. The monoisotopic (exact) mass is 362 g/mol. The molecule has 0 amide bonds. The van der Waals surface area contributed by atoms with E-state index in [9.17, 15) is 0 Å². The summed E-state index contributed by atoms with van der Waals surface area (Å²) in [5.41, 5.74) is 9.14. The zero-order valence-electron chi connectivity index (χ0n) is 17.4. The van der Waals surface area contributed by atoms with Gasteiger partial charge in [0.1, 0.15) is 0 Å². The number of nitrogens with zero attached hydrogens (tertiary/aromatic N) is 1. The zero-order chi connectivity index (χ0) is 19.6. The molecule has 1 aliphatic heterocycles. The maximum Gasteiger partial charge on any atom is 0.0649 e. The van der Waals surface area contributed by atoms with Crippen molar-refractivity contribution in [3.63, 3.8) is 0 Å². The quantitative estimate of drug-likeness (QED) is 0.478. The predicted molar refractivity (Wildman–Crippen MR) is 120 cm³/mol. The van der Waals surface area contributed by atoms with Crippen LogP contribution >= 0.6 is 0 Å². The van der Waals surface area contributed by atoms with Crippen LogP contribution in [0, 0.1) is 6.92 Å². The molecule has 1 aromatic rings. The fourth-order valence-electron chi connectivity index (χ4n) is 3.52. The van der Waals surface area contributed by atoms with Gasteiger partial charge in [0.2, 0.25) is 0 Å². The first-order valence-electron chi connectivity index (χ1n) is 10.1. The normalized spacial score (nSPS) is 14.8. The van der Waals surface area contributed by atoms with E-state index in [1.54, 1.807) is 0 Å². The van der Waals surface area contributed by atoms with E-state index in [0.717, 1.165) is 44.5 Å². The Kier molecular flexibility index (Phi) is 8.32. The summed E-state index contributed by atoms with van der Waals surface area (Å²) in [6, 6.07) is 8.73. The minimum atomic E-state index is 0.780. The van der Waals surface area contributed by atoms with Crippen LogP contribution in [0.3, 0.4) is 0 Å². The van der Waals surface area contributed by atoms with Crippen molar-refractivity contribution >= 4 is 11.8 Å². The summed E-state index contributed by atoms with van der Waals surface area (Å²) >= 11 is 0. The van der Waals surface area contributed by atoms with E-state index in [1.807, 2.05) is 0 Å². The van der Waals surface area contributed by atoms with Crippen LogP contribution in [0.1, 0.15) is 57.6 Å². The number of rotatable bonds is 10. The first kappa shape index (κ1) is 21.0. The Labute approximate surface area is 165 Å². The molecule has 0 fully saturated rings. The maximum atomic E-state index is 4.61. The van der Waals surface area contributed by atoms with Gasteiger partial charge < -0.3 is 5.32 Å². The van der Waals surface area contributed by atoms with Gasteiger partial charge in [0, 0.05) is 24.0 Å². The van der Waals surface area contributed by atoms with Crippen molar-refractivity contribution in [1.82, 2.24) is 5.32 Å². The highest BCUT2D eigenvalue weighted by Crippen LogP contribution is 2.32.